The molecule has 1 fully saturated rings. The zero-order valence-electron chi connectivity index (χ0n) is 14.2. The van der Waals surface area contributed by atoms with Gasteiger partial charge < -0.3 is 9.64 Å². The predicted molar refractivity (Wildman–Crippen MR) is 89.4 cm³/mol. The van der Waals surface area contributed by atoms with Crippen molar-refractivity contribution in [1.82, 2.24) is 4.90 Å². The van der Waals surface area contributed by atoms with Gasteiger partial charge >= 0.3 is 5.97 Å². The molecule has 1 heterocycles. The van der Waals surface area contributed by atoms with Crippen LogP contribution in [0.2, 0.25) is 0 Å². The fourth-order valence-electron chi connectivity index (χ4n) is 3.02. The summed E-state index contributed by atoms with van der Waals surface area (Å²) in [7, 11) is -3.40. The number of esters is 1. The summed E-state index contributed by atoms with van der Waals surface area (Å²) in [6, 6.07) is 5.61. The van der Waals surface area contributed by atoms with E-state index in [0.717, 1.165) is 12.7 Å². The van der Waals surface area contributed by atoms with Gasteiger partial charge in [0.05, 0.1) is 10.5 Å². The number of carbonyl (C=O) groups is 2. The summed E-state index contributed by atoms with van der Waals surface area (Å²) in [5.74, 6) is -0.0624. The van der Waals surface area contributed by atoms with Crippen molar-refractivity contribution in [3.05, 3.63) is 29.8 Å². The lowest BCUT2D eigenvalue weighted by Gasteiger charge is -2.34. The van der Waals surface area contributed by atoms with Crippen LogP contribution >= 0.6 is 0 Å². The van der Waals surface area contributed by atoms with Crippen molar-refractivity contribution in [1.29, 1.82) is 0 Å². The van der Waals surface area contributed by atoms with Gasteiger partial charge in [-0.1, -0.05) is 19.9 Å². The molecule has 0 radical (unpaired) electrons. The highest BCUT2D eigenvalue weighted by Crippen LogP contribution is 2.21. The van der Waals surface area contributed by atoms with Gasteiger partial charge in [0.1, 0.15) is 0 Å². The van der Waals surface area contributed by atoms with Crippen molar-refractivity contribution < 1.29 is 22.7 Å². The first kappa shape index (κ1) is 18.4. The van der Waals surface area contributed by atoms with E-state index in [9.17, 15) is 18.0 Å². The van der Waals surface area contributed by atoms with Crippen LogP contribution in [0, 0.1) is 11.8 Å². The molecule has 0 bridgehead atoms. The SMILES string of the molecule is C[C@H]1C[C@H](C)CN(C(=O)COC(=O)c2cccc(S(C)(=O)=O)c2)C1. The first-order valence-corrected chi connectivity index (χ1v) is 9.81. The third-order valence-corrected chi connectivity index (χ3v) is 5.16. The van der Waals surface area contributed by atoms with E-state index in [0.29, 0.717) is 24.9 Å². The number of sulfone groups is 1. The molecule has 2 rings (SSSR count). The van der Waals surface area contributed by atoms with Gasteiger partial charge in [0, 0.05) is 19.3 Å². The molecule has 132 valence electrons. The Bertz CT molecular complexity index is 718. The molecule has 0 saturated carbocycles. The highest BCUT2D eigenvalue weighted by atomic mass is 32.2. The molecule has 0 spiro atoms. The number of hydrogen-bond acceptors (Lipinski definition) is 5. The largest absolute Gasteiger partial charge is 0.452 e. The molecular formula is C17H23NO5S. The number of benzene rings is 1. The number of ether oxygens (including phenoxy) is 1. The molecule has 1 saturated heterocycles. The van der Waals surface area contributed by atoms with Crippen molar-refractivity contribution in [2.45, 2.75) is 25.2 Å². The monoisotopic (exact) mass is 353 g/mol. The zero-order valence-corrected chi connectivity index (χ0v) is 15.0. The second-order valence-corrected chi connectivity index (χ2v) is 8.64. The number of rotatable bonds is 4. The normalized spacial score (nSPS) is 21.4. The van der Waals surface area contributed by atoms with E-state index in [-0.39, 0.29) is 23.0 Å². The lowest BCUT2D eigenvalue weighted by atomic mass is 9.92. The number of likely N-dealkylation sites (tertiary alicyclic amines) is 1. The van der Waals surface area contributed by atoms with Gasteiger partial charge in [-0.25, -0.2) is 13.2 Å². The molecular weight excluding hydrogens is 330 g/mol. The van der Waals surface area contributed by atoms with Gasteiger partial charge in [-0.3, -0.25) is 4.79 Å². The number of piperidine rings is 1. The second kappa shape index (κ2) is 7.34. The maximum absolute atomic E-state index is 12.2. The van der Waals surface area contributed by atoms with Crippen LogP contribution in [0.15, 0.2) is 29.2 Å². The Morgan fingerprint density at radius 3 is 2.42 bits per heavy atom. The van der Waals surface area contributed by atoms with Gasteiger partial charge in [-0.05, 0) is 36.5 Å². The molecule has 1 aliphatic heterocycles. The van der Waals surface area contributed by atoms with Crippen LogP contribution in [0.5, 0.6) is 0 Å². The maximum Gasteiger partial charge on any atom is 0.338 e. The van der Waals surface area contributed by atoms with Gasteiger partial charge in [0.2, 0.25) is 0 Å². The fourth-order valence-corrected chi connectivity index (χ4v) is 3.69. The van der Waals surface area contributed by atoms with Crippen LogP contribution in [0.1, 0.15) is 30.6 Å². The van der Waals surface area contributed by atoms with E-state index in [1.165, 1.54) is 24.3 Å². The number of amides is 1. The summed E-state index contributed by atoms with van der Waals surface area (Å²) in [6.45, 7) is 5.20. The number of nitrogens with zero attached hydrogens (tertiary/aromatic N) is 1. The topological polar surface area (TPSA) is 80.8 Å². The minimum absolute atomic E-state index is 0.0435. The molecule has 24 heavy (non-hydrogen) atoms. The van der Waals surface area contributed by atoms with E-state index < -0.39 is 15.8 Å². The lowest BCUT2D eigenvalue weighted by Crippen LogP contribution is -2.44. The standard InChI is InChI=1S/C17H23NO5S/c1-12-7-13(2)10-18(9-12)16(19)11-23-17(20)14-5-4-6-15(8-14)24(3,21)22/h4-6,8,12-13H,7,9-11H2,1-3H3/t12-,13-/m0/s1. The molecule has 6 nitrogen and oxygen atoms in total. The average molecular weight is 353 g/mol. The highest BCUT2D eigenvalue weighted by molar-refractivity contribution is 7.90. The van der Waals surface area contributed by atoms with Crippen molar-refractivity contribution in [2.75, 3.05) is 26.0 Å². The Labute approximate surface area is 142 Å². The third kappa shape index (κ3) is 4.80. The number of carbonyl (C=O) groups excluding carboxylic acids is 2. The van der Waals surface area contributed by atoms with E-state index >= 15 is 0 Å². The van der Waals surface area contributed by atoms with Crippen LogP contribution < -0.4 is 0 Å². The van der Waals surface area contributed by atoms with Crippen LogP contribution in [-0.4, -0.2) is 51.1 Å². The Hall–Kier alpha value is -1.89. The first-order chi connectivity index (χ1) is 11.2. The van der Waals surface area contributed by atoms with Gasteiger partial charge in [0.25, 0.3) is 5.91 Å². The smallest absolute Gasteiger partial charge is 0.338 e. The molecule has 0 N–H and O–H groups in total. The van der Waals surface area contributed by atoms with Crippen LogP contribution in [0.4, 0.5) is 0 Å². The molecule has 1 aromatic rings. The molecule has 1 aromatic carbocycles. The minimum Gasteiger partial charge on any atom is -0.452 e. The molecule has 1 aliphatic rings. The Balaban J connectivity index is 1.97. The van der Waals surface area contributed by atoms with Gasteiger partial charge in [0.15, 0.2) is 16.4 Å². The summed E-state index contributed by atoms with van der Waals surface area (Å²) >= 11 is 0. The zero-order chi connectivity index (χ0) is 17.9. The predicted octanol–water partition coefficient (Wildman–Crippen LogP) is 1.75. The molecule has 0 aliphatic carbocycles. The summed E-state index contributed by atoms with van der Waals surface area (Å²) in [6.07, 6.45) is 2.15. The first-order valence-electron chi connectivity index (χ1n) is 7.92. The van der Waals surface area contributed by atoms with Crippen molar-refractivity contribution in [2.24, 2.45) is 11.8 Å². The average Bonchev–Trinajstić information content (AvgIpc) is 2.50. The summed E-state index contributed by atoms with van der Waals surface area (Å²) < 4.78 is 28.1. The summed E-state index contributed by atoms with van der Waals surface area (Å²) in [5.41, 5.74) is 0.117. The maximum atomic E-state index is 12.2. The fraction of sp³-hybridized carbons (Fsp3) is 0.529. The molecule has 7 heteroatoms. The van der Waals surface area contributed by atoms with Crippen molar-refractivity contribution >= 4 is 21.7 Å². The minimum atomic E-state index is -3.40. The third-order valence-electron chi connectivity index (χ3n) is 4.05. The van der Waals surface area contributed by atoms with Crippen LogP contribution in [0.3, 0.4) is 0 Å². The molecule has 0 unspecified atom stereocenters. The lowest BCUT2D eigenvalue weighted by molar-refractivity contribution is -0.137. The second-order valence-electron chi connectivity index (χ2n) is 6.62. The van der Waals surface area contributed by atoms with E-state index in [1.807, 2.05) is 0 Å². The number of hydrogen-bond donors (Lipinski definition) is 0. The van der Waals surface area contributed by atoms with Crippen LogP contribution in [-0.2, 0) is 19.4 Å². The van der Waals surface area contributed by atoms with E-state index in [1.54, 1.807) is 4.90 Å². The summed E-state index contributed by atoms with van der Waals surface area (Å²) in [5, 5.41) is 0. The molecule has 2 atom stereocenters. The van der Waals surface area contributed by atoms with Crippen molar-refractivity contribution in [3.63, 3.8) is 0 Å². The van der Waals surface area contributed by atoms with Gasteiger partial charge in [-0.2, -0.15) is 0 Å². The Kier molecular flexibility index (Phi) is 5.64. The van der Waals surface area contributed by atoms with Gasteiger partial charge in [-0.15, -0.1) is 0 Å². The molecule has 1 amide bonds. The highest BCUT2D eigenvalue weighted by Gasteiger charge is 2.26. The van der Waals surface area contributed by atoms with E-state index in [4.69, 9.17) is 4.74 Å². The van der Waals surface area contributed by atoms with Crippen molar-refractivity contribution in [3.8, 4) is 0 Å². The Morgan fingerprint density at radius 1 is 1.21 bits per heavy atom. The quantitative estimate of drug-likeness (QED) is 0.771. The van der Waals surface area contributed by atoms with E-state index in [2.05, 4.69) is 13.8 Å². The Morgan fingerprint density at radius 2 is 1.83 bits per heavy atom. The summed E-state index contributed by atoms with van der Waals surface area (Å²) in [4.78, 5) is 26.0. The molecule has 0 aromatic heterocycles. The van der Waals surface area contributed by atoms with Crippen LogP contribution in [0.25, 0.3) is 0 Å².